The lowest BCUT2D eigenvalue weighted by atomic mass is 9.97. The molecule has 0 spiro atoms. The summed E-state index contributed by atoms with van der Waals surface area (Å²) in [5.74, 6) is 0.809. The van der Waals surface area contributed by atoms with Crippen molar-refractivity contribution in [3.63, 3.8) is 0 Å². The molecule has 2 N–H and O–H groups in total. The molecule has 1 aromatic carbocycles. The molecule has 0 radical (unpaired) electrons. The van der Waals surface area contributed by atoms with Crippen molar-refractivity contribution in [2.75, 3.05) is 6.54 Å². The van der Waals surface area contributed by atoms with Gasteiger partial charge < -0.3 is 10.5 Å². The fourth-order valence-electron chi connectivity index (χ4n) is 3.18. The number of halogens is 1. The Kier molecular flexibility index (Phi) is 6.11. The third-order valence-corrected chi connectivity index (χ3v) is 5.53. The zero-order chi connectivity index (χ0) is 16.9. The Morgan fingerprint density at radius 1 is 1.38 bits per heavy atom. The maximum atomic E-state index is 6.15. The fraction of sp³-hybridized carbons (Fsp3) is 0.500. The van der Waals surface area contributed by atoms with E-state index in [1.165, 1.54) is 19.3 Å². The smallest absolute Gasteiger partial charge is 0.140 e. The Bertz CT molecular complexity index is 644. The van der Waals surface area contributed by atoms with Gasteiger partial charge in [-0.1, -0.05) is 18.0 Å². The van der Waals surface area contributed by atoms with Crippen LogP contribution < -0.4 is 10.5 Å². The molecule has 0 bridgehead atoms. The number of nitrogens with zero attached hydrogens (tertiary/aromatic N) is 2. The number of thiazole rings is 1. The van der Waals surface area contributed by atoms with E-state index in [1.54, 1.807) is 11.3 Å². The van der Waals surface area contributed by atoms with Crippen LogP contribution in [0.25, 0.3) is 0 Å². The SMILES string of the molecule is CC(N)C1CCCCN1Cc1csc(COc2ccc(Cl)cc2)n1. The number of aromatic nitrogens is 1. The third-order valence-electron chi connectivity index (χ3n) is 4.41. The molecule has 0 amide bonds. The van der Waals surface area contributed by atoms with Gasteiger partial charge in [0, 0.05) is 29.0 Å². The molecule has 3 rings (SSSR count). The molecule has 1 fully saturated rings. The van der Waals surface area contributed by atoms with Crippen molar-refractivity contribution in [2.45, 2.75) is 51.4 Å². The summed E-state index contributed by atoms with van der Waals surface area (Å²) in [5, 5.41) is 3.84. The van der Waals surface area contributed by atoms with E-state index in [0.29, 0.717) is 17.7 Å². The topological polar surface area (TPSA) is 51.4 Å². The maximum Gasteiger partial charge on any atom is 0.140 e. The number of hydrogen-bond donors (Lipinski definition) is 1. The first kappa shape index (κ1) is 17.7. The second kappa shape index (κ2) is 8.30. The van der Waals surface area contributed by atoms with Crippen molar-refractivity contribution < 1.29 is 4.74 Å². The second-order valence-corrected chi connectivity index (χ2v) is 7.75. The van der Waals surface area contributed by atoms with E-state index in [9.17, 15) is 0 Å². The van der Waals surface area contributed by atoms with Gasteiger partial charge >= 0.3 is 0 Å². The first-order chi connectivity index (χ1) is 11.6. The van der Waals surface area contributed by atoms with Crippen LogP contribution in [0.15, 0.2) is 29.6 Å². The van der Waals surface area contributed by atoms with Crippen LogP contribution in [-0.4, -0.2) is 28.5 Å². The Labute approximate surface area is 152 Å². The van der Waals surface area contributed by atoms with Gasteiger partial charge in [0.1, 0.15) is 17.4 Å². The summed E-state index contributed by atoms with van der Waals surface area (Å²) in [6.45, 7) is 4.59. The monoisotopic (exact) mass is 365 g/mol. The minimum absolute atomic E-state index is 0.205. The van der Waals surface area contributed by atoms with Gasteiger partial charge in [-0.05, 0) is 50.6 Å². The quantitative estimate of drug-likeness (QED) is 0.838. The molecule has 2 heterocycles. The Balaban J connectivity index is 1.55. The Hall–Kier alpha value is -1.14. The molecule has 24 heavy (non-hydrogen) atoms. The van der Waals surface area contributed by atoms with E-state index in [1.807, 2.05) is 24.3 Å². The molecule has 1 aliphatic rings. The summed E-state index contributed by atoms with van der Waals surface area (Å²) in [7, 11) is 0. The van der Waals surface area contributed by atoms with Crippen molar-refractivity contribution in [3.8, 4) is 5.75 Å². The predicted molar refractivity (Wildman–Crippen MR) is 99.6 cm³/mol. The first-order valence-corrected chi connectivity index (χ1v) is 9.69. The van der Waals surface area contributed by atoms with Crippen LogP contribution >= 0.6 is 22.9 Å². The molecule has 2 atom stereocenters. The summed E-state index contributed by atoms with van der Waals surface area (Å²) < 4.78 is 5.77. The normalized spacial score (nSPS) is 20.0. The number of hydrogen-bond acceptors (Lipinski definition) is 5. The number of ether oxygens (including phenoxy) is 1. The van der Waals surface area contributed by atoms with Gasteiger partial charge in [-0.25, -0.2) is 4.98 Å². The van der Waals surface area contributed by atoms with E-state index in [4.69, 9.17) is 27.1 Å². The Morgan fingerprint density at radius 2 is 2.17 bits per heavy atom. The van der Waals surface area contributed by atoms with Crippen molar-refractivity contribution in [1.82, 2.24) is 9.88 Å². The molecule has 2 unspecified atom stereocenters. The van der Waals surface area contributed by atoms with Gasteiger partial charge in [0.15, 0.2) is 0 Å². The van der Waals surface area contributed by atoms with Crippen LogP contribution in [-0.2, 0) is 13.2 Å². The molecule has 1 aliphatic heterocycles. The molecule has 4 nitrogen and oxygen atoms in total. The summed E-state index contributed by atoms with van der Waals surface area (Å²) >= 11 is 7.53. The second-order valence-electron chi connectivity index (χ2n) is 6.37. The highest BCUT2D eigenvalue weighted by Gasteiger charge is 2.25. The summed E-state index contributed by atoms with van der Waals surface area (Å²) in [4.78, 5) is 7.19. The predicted octanol–water partition coefficient (Wildman–Crippen LogP) is 4.08. The molecular formula is C18H24ClN3OS. The number of likely N-dealkylation sites (tertiary alicyclic amines) is 1. The highest BCUT2D eigenvalue weighted by Crippen LogP contribution is 2.23. The fourth-order valence-corrected chi connectivity index (χ4v) is 4.00. The summed E-state index contributed by atoms with van der Waals surface area (Å²) in [6.07, 6.45) is 3.72. The maximum absolute atomic E-state index is 6.15. The van der Waals surface area contributed by atoms with Gasteiger partial charge in [0.05, 0.1) is 5.69 Å². The molecule has 2 aromatic rings. The van der Waals surface area contributed by atoms with Gasteiger partial charge in [0.25, 0.3) is 0 Å². The van der Waals surface area contributed by atoms with Gasteiger partial charge in [0.2, 0.25) is 0 Å². The van der Waals surface area contributed by atoms with Crippen LogP contribution in [0.5, 0.6) is 5.75 Å². The molecule has 6 heteroatoms. The lowest BCUT2D eigenvalue weighted by Gasteiger charge is -2.37. The van der Waals surface area contributed by atoms with Crippen LogP contribution in [0.3, 0.4) is 0 Å². The van der Waals surface area contributed by atoms with Crippen molar-refractivity contribution >= 4 is 22.9 Å². The lowest BCUT2D eigenvalue weighted by molar-refractivity contribution is 0.121. The van der Waals surface area contributed by atoms with Crippen molar-refractivity contribution in [2.24, 2.45) is 5.73 Å². The summed E-state index contributed by atoms with van der Waals surface area (Å²) in [6, 6.07) is 8.07. The molecule has 1 aromatic heterocycles. The van der Waals surface area contributed by atoms with Crippen molar-refractivity contribution in [1.29, 1.82) is 0 Å². The molecule has 0 saturated carbocycles. The van der Waals surface area contributed by atoms with Crippen LogP contribution in [0, 0.1) is 0 Å². The first-order valence-electron chi connectivity index (χ1n) is 8.43. The lowest BCUT2D eigenvalue weighted by Crippen LogP contribution is -2.48. The van der Waals surface area contributed by atoms with E-state index < -0.39 is 0 Å². The number of nitrogens with two attached hydrogens (primary N) is 1. The molecule has 130 valence electrons. The highest BCUT2D eigenvalue weighted by molar-refractivity contribution is 7.09. The van der Waals surface area contributed by atoms with Crippen LogP contribution in [0.4, 0.5) is 0 Å². The van der Waals surface area contributed by atoms with E-state index in [0.717, 1.165) is 29.5 Å². The molecule has 1 saturated heterocycles. The van der Waals surface area contributed by atoms with E-state index in [2.05, 4.69) is 17.2 Å². The number of rotatable bonds is 6. The number of piperidine rings is 1. The third kappa shape index (κ3) is 4.70. The Morgan fingerprint density at radius 3 is 2.92 bits per heavy atom. The molecular weight excluding hydrogens is 342 g/mol. The zero-order valence-electron chi connectivity index (χ0n) is 14.0. The average Bonchev–Trinajstić information content (AvgIpc) is 3.02. The zero-order valence-corrected chi connectivity index (χ0v) is 15.5. The minimum Gasteiger partial charge on any atom is -0.486 e. The van der Waals surface area contributed by atoms with Crippen LogP contribution in [0.1, 0.15) is 36.9 Å². The van der Waals surface area contributed by atoms with Gasteiger partial charge in [-0.3, -0.25) is 4.90 Å². The largest absolute Gasteiger partial charge is 0.486 e. The van der Waals surface area contributed by atoms with E-state index >= 15 is 0 Å². The number of benzene rings is 1. The minimum atomic E-state index is 0.205. The van der Waals surface area contributed by atoms with Crippen molar-refractivity contribution in [3.05, 3.63) is 45.4 Å². The average molecular weight is 366 g/mol. The van der Waals surface area contributed by atoms with E-state index in [-0.39, 0.29) is 6.04 Å². The van der Waals surface area contributed by atoms with Gasteiger partial charge in [-0.15, -0.1) is 11.3 Å². The highest BCUT2D eigenvalue weighted by atomic mass is 35.5. The van der Waals surface area contributed by atoms with Gasteiger partial charge in [-0.2, -0.15) is 0 Å². The van der Waals surface area contributed by atoms with Crippen LogP contribution in [0.2, 0.25) is 5.02 Å². The molecule has 0 aliphatic carbocycles. The standard InChI is InChI=1S/C18H24ClN3OS/c1-13(20)17-4-2-3-9-22(17)10-15-12-24-18(21-15)11-23-16-7-5-14(19)6-8-16/h5-8,12-13,17H,2-4,9-11,20H2,1H3. The summed E-state index contributed by atoms with van der Waals surface area (Å²) in [5.41, 5.74) is 7.26.